The first-order valence-electron chi connectivity index (χ1n) is 9.67. The molecule has 3 heterocycles. The SMILES string of the molecule is Cc1nc2ccccc2n1CCNC(=O)Cn1cnc2c(oc3ccccc32)c1=O. The maximum atomic E-state index is 12.7. The third kappa shape index (κ3) is 3.02. The second-order valence-corrected chi connectivity index (χ2v) is 7.10. The number of nitrogens with one attached hydrogen (secondary N) is 1. The summed E-state index contributed by atoms with van der Waals surface area (Å²) in [7, 11) is 0. The van der Waals surface area contributed by atoms with Crippen molar-refractivity contribution in [1.82, 2.24) is 24.4 Å². The lowest BCUT2D eigenvalue weighted by Crippen LogP contribution is -2.34. The number of amides is 1. The number of fused-ring (bicyclic) bond motifs is 4. The number of furan rings is 1. The fourth-order valence-corrected chi connectivity index (χ4v) is 3.72. The van der Waals surface area contributed by atoms with Gasteiger partial charge in [0.05, 0.1) is 17.4 Å². The van der Waals surface area contributed by atoms with Crippen LogP contribution in [0.4, 0.5) is 0 Å². The number of benzene rings is 2. The van der Waals surface area contributed by atoms with E-state index >= 15 is 0 Å². The van der Waals surface area contributed by atoms with Crippen LogP contribution in [0.2, 0.25) is 0 Å². The van der Waals surface area contributed by atoms with E-state index in [1.165, 1.54) is 10.9 Å². The van der Waals surface area contributed by atoms with Crippen LogP contribution in [0.1, 0.15) is 5.82 Å². The first kappa shape index (κ1) is 18.1. The van der Waals surface area contributed by atoms with Crippen molar-refractivity contribution < 1.29 is 9.21 Å². The third-order valence-electron chi connectivity index (χ3n) is 5.17. The summed E-state index contributed by atoms with van der Waals surface area (Å²) in [6.07, 6.45) is 1.39. The number of carbonyl (C=O) groups excluding carboxylic acids is 1. The Bertz CT molecular complexity index is 1460. The van der Waals surface area contributed by atoms with Crippen LogP contribution in [0.25, 0.3) is 33.1 Å². The molecule has 0 bridgehead atoms. The summed E-state index contributed by atoms with van der Waals surface area (Å²) < 4.78 is 8.97. The van der Waals surface area contributed by atoms with E-state index in [0.29, 0.717) is 24.2 Å². The van der Waals surface area contributed by atoms with Gasteiger partial charge in [-0.3, -0.25) is 14.2 Å². The van der Waals surface area contributed by atoms with Gasteiger partial charge in [-0.25, -0.2) is 9.97 Å². The molecule has 30 heavy (non-hydrogen) atoms. The number of imidazole rings is 1. The second kappa shape index (κ2) is 7.14. The quantitative estimate of drug-likeness (QED) is 0.488. The Labute approximate surface area is 170 Å². The fourth-order valence-electron chi connectivity index (χ4n) is 3.72. The molecule has 0 spiro atoms. The molecule has 1 N–H and O–H groups in total. The smallest absolute Gasteiger partial charge is 0.297 e. The molecule has 0 unspecified atom stereocenters. The molecule has 0 saturated carbocycles. The molecule has 0 radical (unpaired) electrons. The van der Waals surface area contributed by atoms with Gasteiger partial charge in [0.25, 0.3) is 5.56 Å². The zero-order valence-corrected chi connectivity index (χ0v) is 16.3. The van der Waals surface area contributed by atoms with Gasteiger partial charge >= 0.3 is 0 Å². The lowest BCUT2D eigenvalue weighted by atomic mass is 10.2. The van der Waals surface area contributed by atoms with Crippen LogP contribution in [0.5, 0.6) is 0 Å². The van der Waals surface area contributed by atoms with Crippen LogP contribution in [-0.4, -0.2) is 31.6 Å². The molecule has 2 aromatic carbocycles. The van der Waals surface area contributed by atoms with Crippen molar-refractivity contribution in [3.63, 3.8) is 0 Å². The Kier molecular flexibility index (Phi) is 4.31. The van der Waals surface area contributed by atoms with Crippen LogP contribution in [-0.2, 0) is 17.9 Å². The summed E-state index contributed by atoms with van der Waals surface area (Å²) in [5.41, 5.74) is 2.85. The van der Waals surface area contributed by atoms with E-state index < -0.39 is 0 Å². The first-order valence-corrected chi connectivity index (χ1v) is 9.67. The van der Waals surface area contributed by atoms with Gasteiger partial charge < -0.3 is 14.3 Å². The molecular formula is C22H19N5O3. The summed E-state index contributed by atoms with van der Waals surface area (Å²) in [5, 5.41) is 3.64. The first-order chi connectivity index (χ1) is 14.6. The number of carbonyl (C=O) groups is 1. The van der Waals surface area contributed by atoms with Gasteiger partial charge in [0.1, 0.15) is 23.5 Å². The van der Waals surface area contributed by atoms with E-state index in [1.54, 1.807) is 6.07 Å². The molecule has 3 aromatic heterocycles. The third-order valence-corrected chi connectivity index (χ3v) is 5.17. The van der Waals surface area contributed by atoms with Gasteiger partial charge in [0, 0.05) is 18.5 Å². The summed E-state index contributed by atoms with van der Waals surface area (Å²) in [6, 6.07) is 15.2. The highest BCUT2D eigenvalue weighted by Gasteiger charge is 2.14. The zero-order valence-electron chi connectivity index (χ0n) is 16.3. The molecule has 0 aliphatic heterocycles. The number of rotatable bonds is 5. The molecule has 5 aromatic rings. The average Bonchev–Trinajstić information content (AvgIpc) is 3.28. The van der Waals surface area contributed by atoms with E-state index in [1.807, 2.05) is 49.4 Å². The van der Waals surface area contributed by atoms with Crippen molar-refractivity contribution in [2.24, 2.45) is 0 Å². The summed E-state index contributed by atoms with van der Waals surface area (Å²) in [4.78, 5) is 34.0. The minimum atomic E-state index is -0.372. The van der Waals surface area contributed by atoms with Crippen LogP contribution in [0, 0.1) is 6.92 Å². The lowest BCUT2D eigenvalue weighted by Gasteiger charge is -2.09. The Morgan fingerprint density at radius 1 is 1.13 bits per heavy atom. The predicted molar refractivity (Wildman–Crippen MR) is 113 cm³/mol. The summed E-state index contributed by atoms with van der Waals surface area (Å²) in [5.74, 6) is 0.623. The molecule has 0 atom stereocenters. The standard InChI is InChI=1S/C22H19N5O3/c1-14-25-16-7-3-4-8-17(16)27(14)11-10-23-19(28)12-26-13-24-20-15-6-2-5-9-18(15)30-21(20)22(26)29/h2-9,13H,10-12H2,1H3,(H,23,28). The minimum Gasteiger partial charge on any atom is -0.448 e. The Morgan fingerprint density at radius 2 is 1.93 bits per heavy atom. The molecule has 0 saturated heterocycles. The van der Waals surface area contributed by atoms with Crippen molar-refractivity contribution in [3.8, 4) is 0 Å². The largest absolute Gasteiger partial charge is 0.448 e. The van der Waals surface area contributed by atoms with Crippen molar-refractivity contribution in [1.29, 1.82) is 0 Å². The Hall–Kier alpha value is -3.94. The van der Waals surface area contributed by atoms with Crippen LogP contribution in [0.15, 0.2) is 64.1 Å². The summed E-state index contributed by atoms with van der Waals surface area (Å²) >= 11 is 0. The minimum absolute atomic E-state index is 0.123. The van der Waals surface area contributed by atoms with E-state index in [2.05, 4.69) is 19.9 Å². The van der Waals surface area contributed by atoms with Crippen molar-refractivity contribution in [2.45, 2.75) is 20.0 Å². The Balaban J connectivity index is 1.30. The molecule has 8 nitrogen and oxygen atoms in total. The maximum Gasteiger partial charge on any atom is 0.297 e. The van der Waals surface area contributed by atoms with Crippen molar-refractivity contribution in [3.05, 3.63) is 71.0 Å². The lowest BCUT2D eigenvalue weighted by molar-refractivity contribution is -0.121. The van der Waals surface area contributed by atoms with E-state index in [0.717, 1.165) is 22.2 Å². The molecule has 150 valence electrons. The number of nitrogens with zero attached hydrogens (tertiary/aromatic N) is 4. The monoisotopic (exact) mass is 401 g/mol. The second-order valence-electron chi connectivity index (χ2n) is 7.10. The van der Waals surface area contributed by atoms with Gasteiger partial charge in [-0.1, -0.05) is 24.3 Å². The van der Waals surface area contributed by atoms with Gasteiger partial charge in [-0.2, -0.15) is 0 Å². The van der Waals surface area contributed by atoms with Crippen LogP contribution < -0.4 is 10.9 Å². The topological polar surface area (TPSA) is 95.0 Å². The fraction of sp³-hybridized carbons (Fsp3) is 0.182. The molecule has 8 heteroatoms. The molecule has 0 aliphatic rings. The van der Waals surface area contributed by atoms with Crippen molar-refractivity contribution in [2.75, 3.05) is 6.54 Å². The molecule has 0 fully saturated rings. The number of hydrogen-bond donors (Lipinski definition) is 1. The molecular weight excluding hydrogens is 382 g/mol. The molecule has 5 rings (SSSR count). The van der Waals surface area contributed by atoms with E-state index in [4.69, 9.17) is 4.42 Å². The highest BCUT2D eigenvalue weighted by molar-refractivity contribution is 6.01. The number of para-hydroxylation sites is 3. The predicted octanol–water partition coefficient (Wildman–Crippen LogP) is 2.62. The van der Waals surface area contributed by atoms with Crippen molar-refractivity contribution >= 4 is 39.0 Å². The average molecular weight is 401 g/mol. The summed E-state index contributed by atoms with van der Waals surface area (Å²) in [6.45, 7) is 2.83. The number of aryl methyl sites for hydroxylation is 1. The Morgan fingerprint density at radius 3 is 2.83 bits per heavy atom. The van der Waals surface area contributed by atoms with Crippen LogP contribution in [0.3, 0.4) is 0 Å². The van der Waals surface area contributed by atoms with Gasteiger partial charge in [0.15, 0.2) is 0 Å². The van der Waals surface area contributed by atoms with Crippen LogP contribution >= 0.6 is 0 Å². The van der Waals surface area contributed by atoms with Gasteiger partial charge in [-0.15, -0.1) is 0 Å². The number of aromatic nitrogens is 4. The highest BCUT2D eigenvalue weighted by atomic mass is 16.3. The maximum absolute atomic E-state index is 12.7. The zero-order chi connectivity index (χ0) is 20.7. The van der Waals surface area contributed by atoms with E-state index in [-0.39, 0.29) is 23.6 Å². The molecule has 0 aliphatic carbocycles. The normalized spacial score (nSPS) is 11.5. The molecule has 1 amide bonds. The number of hydrogen-bond acceptors (Lipinski definition) is 5. The van der Waals surface area contributed by atoms with Gasteiger partial charge in [-0.05, 0) is 31.2 Å². The van der Waals surface area contributed by atoms with Gasteiger partial charge in [0.2, 0.25) is 11.5 Å². The van der Waals surface area contributed by atoms with E-state index in [9.17, 15) is 9.59 Å². The highest BCUT2D eigenvalue weighted by Crippen LogP contribution is 2.24.